The summed E-state index contributed by atoms with van der Waals surface area (Å²) in [6, 6.07) is 0. The molecule has 2 aromatic heterocycles. The molecular formula is C13H20N6. The maximum atomic E-state index is 5.60. The molecule has 2 N–H and O–H groups in total. The molecule has 0 saturated carbocycles. The third-order valence-corrected chi connectivity index (χ3v) is 3.66. The SMILES string of the molecule is NCCn1ncc2c(N3CCCCCC3)ncnc21. The second-order valence-electron chi connectivity index (χ2n) is 4.99. The smallest absolute Gasteiger partial charge is 0.163 e. The number of nitrogens with two attached hydrogens (primary N) is 1. The molecule has 0 spiro atoms. The molecule has 3 heterocycles. The number of nitrogens with zero attached hydrogens (tertiary/aromatic N) is 5. The first-order valence-electron chi connectivity index (χ1n) is 7.01. The predicted molar refractivity (Wildman–Crippen MR) is 75.1 cm³/mol. The van der Waals surface area contributed by atoms with Gasteiger partial charge in [-0.25, -0.2) is 14.6 Å². The van der Waals surface area contributed by atoms with E-state index in [9.17, 15) is 0 Å². The van der Waals surface area contributed by atoms with Crippen LogP contribution in [0.5, 0.6) is 0 Å². The first-order chi connectivity index (χ1) is 9.40. The van der Waals surface area contributed by atoms with Crippen molar-refractivity contribution in [2.75, 3.05) is 24.5 Å². The molecule has 1 aliphatic rings. The molecule has 3 rings (SSSR count). The third kappa shape index (κ3) is 2.40. The number of rotatable bonds is 3. The molecule has 0 aliphatic carbocycles. The summed E-state index contributed by atoms with van der Waals surface area (Å²) in [7, 11) is 0. The fourth-order valence-electron chi connectivity index (χ4n) is 2.70. The van der Waals surface area contributed by atoms with Gasteiger partial charge in [0, 0.05) is 19.6 Å². The molecule has 6 nitrogen and oxygen atoms in total. The van der Waals surface area contributed by atoms with Crippen LogP contribution in [-0.2, 0) is 6.54 Å². The summed E-state index contributed by atoms with van der Waals surface area (Å²) >= 11 is 0. The van der Waals surface area contributed by atoms with Gasteiger partial charge in [-0.05, 0) is 12.8 Å². The number of fused-ring (bicyclic) bond motifs is 1. The molecule has 0 bridgehead atoms. The zero-order valence-corrected chi connectivity index (χ0v) is 11.1. The Balaban J connectivity index is 1.98. The van der Waals surface area contributed by atoms with Gasteiger partial charge in [-0.3, -0.25) is 0 Å². The minimum Gasteiger partial charge on any atom is -0.356 e. The van der Waals surface area contributed by atoms with Crippen LogP contribution in [0, 0.1) is 0 Å². The van der Waals surface area contributed by atoms with Crippen LogP contribution in [0.25, 0.3) is 11.0 Å². The van der Waals surface area contributed by atoms with Crippen molar-refractivity contribution in [3.8, 4) is 0 Å². The maximum absolute atomic E-state index is 5.60. The van der Waals surface area contributed by atoms with E-state index >= 15 is 0 Å². The lowest BCUT2D eigenvalue weighted by atomic mass is 10.2. The number of hydrogen-bond acceptors (Lipinski definition) is 5. The van der Waals surface area contributed by atoms with Gasteiger partial charge in [0.1, 0.15) is 12.1 Å². The molecule has 0 unspecified atom stereocenters. The zero-order valence-electron chi connectivity index (χ0n) is 11.1. The Hall–Kier alpha value is -1.69. The van der Waals surface area contributed by atoms with E-state index in [1.54, 1.807) is 6.33 Å². The topological polar surface area (TPSA) is 72.9 Å². The Kier molecular flexibility index (Phi) is 3.59. The van der Waals surface area contributed by atoms with Crippen molar-refractivity contribution in [2.45, 2.75) is 32.2 Å². The van der Waals surface area contributed by atoms with Gasteiger partial charge < -0.3 is 10.6 Å². The fraction of sp³-hybridized carbons (Fsp3) is 0.615. The van der Waals surface area contributed by atoms with Gasteiger partial charge in [-0.15, -0.1) is 0 Å². The summed E-state index contributed by atoms with van der Waals surface area (Å²) in [4.78, 5) is 11.2. The van der Waals surface area contributed by atoms with Crippen molar-refractivity contribution < 1.29 is 0 Å². The second-order valence-corrected chi connectivity index (χ2v) is 4.99. The molecule has 19 heavy (non-hydrogen) atoms. The Morgan fingerprint density at radius 3 is 2.63 bits per heavy atom. The molecule has 0 amide bonds. The summed E-state index contributed by atoms with van der Waals surface area (Å²) in [6.45, 7) is 3.42. The number of aromatic nitrogens is 4. The Morgan fingerprint density at radius 2 is 1.89 bits per heavy atom. The highest BCUT2D eigenvalue weighted by Crippen LogP contribution is 2.24. The Bertz CT molecular complexity index is 541. The van der Waals surface area contributed by atoms with Crippen molar-refractivity contribution in [3.63, 3.8) is 0 Å². The quantitative estimate of drug-likeness (QED) is 0.896. The summed E-state index contributed by atoms with van der Waals surface area (Å²) < 4.78 is 1.86. The van der Waals surface area contributed by atoms with Crippen LogP contribution in [0.1, 0.15) is 25.7 Å². The molecule has 2 aromatic rings. The standard InChI is InChI=1S/C13H20N6/c14-5-8-19-13-11(9-17-19)12(15-10-16-13)18-6-3-1-2-4-7-18/h9-10H,1-8,14H2. The molecule has 0 aromatic carbocycles. The Labute approximate surface area is 112 Å². The lowest BCUT2D eigenvalue weighted by Crippen LogP contribution is -2.25. The summed E-state index contributed by atoms with van der Waals surface area (Å²) in [5.41, 5.74) is 6.49. The number of hydrogen-bond donors (Lipinski definition) is 1. The average Bonchev–Trinajstić information content (AvgIpc) is 2.68. The van der Waals surface area contributed by atoms with Crippen LogP contribution in [0.4, 0.5) is 5.82 Å². The van der Waals surface area contributed by atoms with E-state index in [1.807, 2.05) is 10.9 Å². The lowest BCUT2D eigenvalue weighted by molar-refractivity contribution is 0.639. The van der Waals surface area contributed by atoms with Crippen LogP contribution >= 0.6 is 0 Å². The van der Waals surface area contributed by atoms with E-state index in [2.05, 4.69) is 20.0 Å². The van der Waals surface area contributed by atoms with Gasteiger partial charge in [0.15, 0.2) is 5.65 Å². The molecule has 1 fully saturated rings. The van der Waals surface area contributed by atoms with Crippen LogP contribution in [0.2, 0.25) is 0 Å². The van der Waals surface area contributed by atoms with Gasteiger partial charge in [0.2, 0.25) is 0 Å². The van der Waals surface area contributed by atoms with Crippen molar-refractivity contribution in [1.82, 2.24) is 19.7 Å². The Morgan fingerprint density at radius 1 is 1.11 bits per heavy atom. The first kappa shape index (κ1) is 12.3. The van der Waals surface area contributed by atoms with Crippen molar-refractivity contribution in [1.29, 1.82) is 0 Å². The van der Waals surface area contributed by atoms with Gasteiger partial charge >= 0.3 is 0 Å². The van der Waals surface area contributed by atoms with E-state index in [0.717, 1.165) is 29.9 Å². The van der Waals surface area contributed by atoms with Gasteiger partial charge in [0.25, 0.3) is 0 Å². The normalized spacial score (nSPS) is 16.8. The third-order valence-electron chi connectivity index (χ3n) is 3.66. The van der Waals surface area contributed by atoms with Crippen molar-refractivity contribution >= 4 is 16.9 Å². The largest absolute Gasteiger partial charge is 0.356 e. The van der Waals surface area contributed by atoms with Crippen molar-refractivity contribution in [3.05, 3.63) is 12.5 Å². The molecule has 0 atom stereocenters. The van der Waals surface area contributed by atoms with E-state index in [4.69, 9.17) is 5.73 Å². The first-order valence-corrected chi connectivity index (χ1v) is 7.01. The van der Waals surface area contributed by atoms with Gasteiger partial charge in [-0.1, -0.05) is 12.8 Å². The van der Waals surface area contributed by atoms with Crippen LogP contribution < -0.4 is 10.6 Å². The van der Waals surface area contributed by atoms with Crippen LogP contribution in [0.15, 0.2) is 12.5 Å². The molecule has 1 saturated heterocycles. The lowest BCUT2D eigenvalue weighted by Gasteiger charge is -2.21. The summed E-state index contributed by atoms with van der Waals surface area (Å²) in [5, 5.41) is 5.41. The molecule has 6 heteroatoms. The zero-order chi connectivity index (χ0) is 13.1. The maximum Gasteiger partial charge on any atom is 0.163 e. The van der Waals surface area contributed by atoms with Crippen molar-refractivity contribution in [2.24, 2.45) is 5.73 Å². The average molecular weight is 260 g/mol. The highest BCUT2D eigenvalue weighted by molar-refractivity contribution is 5.86. The van der Waals surface area contributed by atoms with E-state index in [-0.39, 0.29) is 0 Å². The highest BCUT2D eigenvalue weighted by atomic mass is 15.3. The fourth-order valence-corrected chi connectivity index (χ4v) is 2.70. The predicted octanol–water partition coefficient (Wildman–Crippen LogP) is 1.17. The monoisotopic (exact) mass is 260 g/mol. The van der Waals surface area contributed by atoms with E-state index < -0.39 is 0 Å². The van der Waals surface area contributed by atoms with E-state index in [0.29, 0.717) is 13.1 Å². The minimum absolute atomic E-state index is 0.569. The molecule has 0 radical (unpaired) electrons. The second kappa shape index (κ2) is 5.52. The molecule has 102 valence electrons. The summed E-state index contributed by atoms with van der Waals surface area (Å²) in [5.74, 6) is 1.02. The van der Waals surface area contributed by atoms with E-state index in [1.165, 1.54) is 25.7 Å². The van der Waals surface area contributed by atoms with Crippen LogP contribution in [-0.4, -0.2) is 39.4 Å². The van der Waals surface area contributed by atoms with Gasteiger partial charge in [-0.2, -0.15) is 5.10 Å². The molecular weight excluding hydrogens is 240 g/mol. The molecule has 1 aliphatic heterocycles. The van der Waals surface area contributed by atoms with Gasteiger partial charge in [0.05, 0.1) is 18.1 Å². The minimum atomic E-state index is 0.569. The highest BCUT2D eigenvalue weighted by Gasteiger charge is 2.16. The van der Waals surface area contributed by atoms with Crippen LogP contribution in [0.3, 0.4) is 0 Å². The number of anilines is 1. The summed E-state index contributed by atoms with van der Waals surface area (Å²) in [6.07, 6.45) is 8.61.